The molecule has 0 radical (unpaired) electrons. The molecule has 1 N–H and O–H groups in total. The Morgan fingerprint density at radius 1 is 0.700 bits per heavy atom. The molecule has 6 heteroatoms. The third-order valence-electron chi connectivity index (χ3n) is 7.34. The Balaban J connectivity index is 1.20. The van der Waals surface area contributed by atoms with Crippen LogP contribution in [0.15, 0.2) is 115 Å². The lowest BCUT2D eigenvalue weighted by Crippen LogP contribution is -2.49. The first-order chi connectivity index (χ1) is 19.6. The summed E-state index contributed by atoms with van der Waals surface area (Å²) in [5, 5.41) is 3.03. The minimum atomic E-state index is -0.496. The summed E-state index contributed by atoms with van der Waals surface area (Å²) in [7, 11) is 0. The molecule has 1 fully saturated rings. The first-order valence-corrected chi connectivity index (χ1v) is 13.7. The van der Waals surface area contributed by atoms with Crippen molar-refractivity contribution in [2.75, 3.05) is 39.3 Å². The SMILES string of the molecule is O=C(C=C(c1ccccc1)c1ccccc1)NCCN1CCN(C(c2ccccc2F)c2ccccc2F)CC1. The van der Waals surface area contributed by atoms with Crippen LogP contribution in [0.3, 0.4) is 0 Å². The normalized spacial score (nSPS) is 14.2. The van der Waals surface area contributed by atoms with Crippen molar-refractivity contribution in [2.24, 2.45) is 0 Å². The van der Waals surface area contributed by atoms with E-state index in [1.807, 2.05) is 60.7 Å². The summed E-state index contributed by atoms with van der Waals surface area (Å²) < 4.78 is 29.7. The molecule has 1 aliphatic heterocycles. The second-order valence-electron chi connectivity index (χ2n) is 9.90. The fraction of sp³-hybridized carbons (Fsp3) is 0.206. The van der Waals surface area contributed by atoms with E-state index in [0.29, 0.717) is 37.3 Å². The van der Waals surface area contributed by atoms with Gasteiger partial charge in [0.05, 0.1) is 6.04 Å². The van der Waals surface area contributed by atoms with Crippen LogP contribution in [0.2, 0.25) is 0 Å². The topological polar surface area (TPSA) is 35.6 Å². The van der Waals surface area contributed by atoms with Crippen molar-refractivity contribution in [1.82, 2.24) is 15.1 Å². The number of rotatable bonds is 9. The largest absolute Gasteiger partial charge is 0.351 e. The minimum Gasteiger partial charge on any atom is -0.351 e. The van der Waals surface area contributed by atoms with Crippen LogP contribution in [-0.2, 0) is 4.79 Å². The zero-order valence-corrected chi connectivity index (χ0v) is 22.3. The van der Waals surface area contributed by atoms with E-state index in [1.54, 1.807) is 42.5 Å². The van der Waals surface area contributed by atoms with Crippen LogP contribution in [0.1, 0.15) is 28.3 Å². The van der Waals surface area contributed by atoms with Gasteiger partial charge in [0.25, 0.3) is 0 Å². The van der Waals surface area contributed by atoms with Gasteiger partial charge in [0, 0.05) is 56.5 Å². The fourth-order valence-corrected chi connectivity index (χ4v) is 5.29. The second kappa shape index (κ2) is 13.3. The average molecular weight is 538 g/mol. The molecule has 0 atom stereocenters. The van der Waals surface area contributed by atoms with Crippen molar-refractivity contribution in [1.29, 1.82) is 0 Å². The first-order valence-electron chi connectivity index (χ1n) is 13.7. The smallest absolute Gasteiger partial charge is 0.244 e. The van der Waals surface area contributed by atoms with Crippen LogP contribution < -0.4 is 5.32 Å². The van der Waals surface area contributed by atoms with Crippen molar-refractivity contribution >= 4 is 11.5 Å². The molecule has 0 saturated carbocycles. The molecule has 5 rings (SSSR count). The predicted molar refractivity (Wildman–Crippen MR) is 156 cm³/mol. The third-order valence-corrected chi connectivity index (χ3v) is 7.34. The highest BCUT2D eigenvalue weighted by Crippen LogP contribution is 2.32. The number of nitrogens with one attached hydrogen (secondary N) is 1. The van der Waals surface area contributed by atoms with Crippen molar-refractivity contribution in [3.05, 3.63) is 149 Å². The number of halogens is 2. The Bertz CT molecular complexity index is 1350. The van der Waals surface area contributed by atoms with Crippen molar-refractivity contribution in [3.63, 3.8) is 0 Å². The lowest BCUT2D eigenvalue weighted by Gasteiger charge is -2.40. The molecule has 204 valence electrons. The van der Waals surface area contributed by atoms with E-state index in [2.05, 4.69) is 15.1 Å². The highest BCUT2D eigenvalue weighted by Gasteiger charge is 2.29. The van der Waals surface area contributed by atoms with Gasteiger partial charge in [-0.15, -0.1) is 0 Å². The van der Waals surface area contributed by atoms with E-state index < -0.39 is 6.04 Å². The van der Waals surface area contributed by atoms with Gasteiger partial charge in [-0.05, 0) is 28.8 Å². The summed E-state index contributed by atoms with van der Waals surface area (Å²) in [6, 6.07) is 32.5. The molecule has 0 unspecified atom stereocenters. The Kier molecular flexibility index (Phi) is 9.11. The Hall–Kier alpha value is -4.13. The summed E-state index contributed by atoms with van der Waals surface area (Å²) >= 11 is 0. The van der Waals surface area contributed by atoms with Gasteiger partial charge in [0.2, 0.25) is 5.91 Å². The lowest BCUT2D eigenvalue weighted by atomic mass is 9.95. The third kappa shape index (κ3) is 6.71. The standard InChI is InChI=1S/C34H33F2N3O/c35-31-17-9-7-15-28(31)34(29-16-8-10-18-32(29)36)39-23-21-38(22-24-39)20-19-37-33(40)25-30(26-11-3-1-4-12-26)27-13-5-2-6-14-27/h1-18,25,34H,19-24H2,(H,37,40). The van der Waals surface area contributed by atoms with E-state index in [0.717, 1.165) is 29.8 Å². The van der Waals surface area contributed by atoms with E-state index in [1.165, 1.54) is 12.1 Å². The monoisotopic (exact) mass is 537 g/mol. The Labute approximate surface area is 234 Å². The quantitative estimate of drug-likeness (QED) is 0.269. The van der Waals surface area contributed by atoms with E-state index >= 15 is 0 Å². The molecule has 1 heterocycles. The van der Waals surface area contributed by atoms with Crippen LogP contribution in [0.5, 0.6) is 0 Å². The van der Waals surface area contributed by atoms with Crippen LogP contribution in [0.4, 0.5) is 8.78 Å². The number of carbonyl (C=O) groups excluding carboxylic acids is 1. The lowest BCUT2D eigenvalue weighted by molar-refractivity contribution is -0.116. The molecule has 4 nitrogen and oxygen atoms in total. The molecular weight excluding hydrogens is 504 g/mol. The molecule has 0 aliphatic carbocycles. The zero-order chi connectivity index (χ0) is 27.7. The molecule has 0 aromatic heterocycles. The van der Waals surface area contributed by atoms with Gasteiger partial charge in [-0.3, -0.25) is 14.6 Å². The van der Waals surface area contributed by atoms with Crippen molar-refractivity contribution in [2.45, 2.75) is 6.04 Å². The number of hydrogen-bond donors (Lipinski definition) is 1. The van der Waals surface area contributed by atoms with E-state index in [4.69, 9.17) is 0 Å². The van der Waals surface area contributed by atoms with Gasteiger partial charge in [0.15, 0.2) is 0 Å². The number of nitrogens with zero attached hydrogens (tertiary/aromatic N) is 2. The van der Waals surface area contributed by atoms with Crippen molar-refractivity contribution < 1.29 is 13.6 Å². The number of amides is 1. The van der Waals surface area contributed by atoms with Gasteiger partial charge >= 0.3 is 0 Å². The zero-order valence-electron chi connectivity index (χ0n) is 22.3. The molecule has 0 spiro atoms. The van der Waals surface area contributed by atoms with Crippen LogP contribution in [0.25, 0.3) is 5.57 Å². The first kappa shape index (κ1) is 27.4. The van der Waals surface area contributed by atoms with Gasteiger partial charge in [0.1, 0.15) is 11.6 Å². The summed E-state index contributed by atoms with van der Waals surface area (Å²) in [5.41, 5.74) is 3.80. The van der Waals surface area contributed by atoms with Crippen LogP contribution in [-0.4, -0.2) is 55.0 Å². The van der Waals surface area contributed by atoms with Crippen LogP contribution in [0, 0.1) is 11.6 Å². The van der Waals surface area contributed by atoms with E-state index in [9.17, 15) is 13.6 Å². The highest BCUT2D eigenvalue weighted by molar-refractivity contribution is 5.99. The molecule has 1 aliphatic rings. The van der Waals surface area contributed by atoms with Gasteiger partial charge in [-0.25, -0.2) is 8.78 Å². The molecular formula is C34H33F2N3O. The maximum absolute atomic E-state index is 14.8. The molecule has 0 bridgehead atoms. The van der Waals surface area contributed by atoms with Crippen molar-refractivity contribution in [3.8, 4) is 0 Å². The Morgan fingerprint density at radius 2 is 1.18 bits per heavy atom. The molecule has 40 heavy (non-hydrogen) atoms. The summed E-state index contributed by atoms with van der Waals surface area (Å²) in [6.07, 6.45) is 1.66. The van der Waals surface area contributed by atoms with E-state index in [-0.39, 0.29) is 17.5 Å². The molecule has 4 aromatic carbocycles. The van der Waals surface area contributed by atoms with Gasteiger partial charge < -0.3 is 5.32 Å². The number of hydrogen-bond acceptors (Lipinski definition) is 3. The number of piperazine rings is 1. The summed E-state index contributed by atoms with van der Waals surface area (Å²) in [4.78, 5) is 17.3. The molecule has 1 amide bonds. The number of carbonyl (C=O) groups is 1. The minimum absolute atomic E-state index is 0.138. The maximum atomic E-state index is 14.8. The molecule has 4 aromatic rings. The average Bonchev–Trinajstić information content (AvgIpc) is 2.99. The maximum Gasteiger partial charge on any atom is 0.244 e. The predicted octanol–water partition coefficient (Wildman–Crippen LogP) is 5.92. The highest BCUT2D eigenvalue weighted by atomic mass is 19.1. The number of benzene rings is 4. The summed E-state index contributed by atoms with van der Waals surface area (Å²) in [5.74, 6) is -0.806. The Morgan fingerprint density at radius 3 is 1.68 bits per heavy atom. The van der Waals surface area contributed by atoms with Crippen LogP contribution >= 0.6 is 0 Å². The summed E-state index contributed by atoms with van der Waals surface area (Å²) in [6.45, 7) is 4.01. The fourth-order valence-electron chi connectivity index (χ4n) is 5.29. The second-order valence-corrected chi connectivity index (χ2v) is 9.90. The van der Waals surface area contributed by atoms with Gasteiger partial charge in [-0.1, -0.05) is 97.1 Å². The molecule has 1 saturated heterocycles. The van der Waals surface area contributed by atoms with Gasteiger partial charge in [-0.2, -0.15) is 0 Å².